The number of aliphatic hydroxyl groups is 1. The van der Waals surface area contributed by atoms with Gasteiger partial charge >= 0.3 is 5.91 Å². The van der Waals surface area contributed by atoms with E-state index in [1.54, 1.807) is 31.4 Å². The summed E-state index contributed by atoms with van der Waals surface area (Å²) in [4.78, 5) is 33.2. The minimum atomic E-state index is -0.822. The molecule has 6 nitrogen and oxygen atoms in total. The monoisotopic (exact) mass is 526 g/mol. The molecular formula is C31H30N2O4S. The van der Waals surface area contributed by atoms with Crippen molar-refractivity contribution in [3.63, 3.8) is 0 Å². The normalized spacial score (nSPS) is 17.4. The second-order valence-electron chi connectivity index (χ2n) is 10.4. The predicted octanol–water partition coefficient (Wildman–Crippen LogP) is 6.79. The molecule has 1 aliphatic heterocycles. The Hall–Kier alpha value is -3.97. The van der Waals surface area contributed by atoms with E-state index in [9.17, 15) is 14.7 Å². The van der Waals surface area contributed by atoms with E-state index in [2.05, 4.69) is 33.8 Å². The Morgan fingerprint density at radius 1 is 1.03 bits per heavy atom. The first-order valence-electron chi connectivity index (χ1n) is 12.6. The number of carbonyl (C=O) groups is 2. The Morgan fingerprint density at radius 2 is 1.71 bits per heavy atom. The molecule has 1 amide bonds. The Labute approximate surface area is 226 Å². The van der Waals surface area contributed by atoms with Crippen LogP contribution in [-0.4, -0.2) is 28.9 Å². The Morgan fingerprint density at radius 3 is 2.32 bits per heavy atom. The van der Waals surface area contributed by atoms with Gasteiger partial charge in [0.05, 0.1) is 28.9 Å². The summed E-state index contributed by atoms with van der Waals surface area (Å²) in [5, 5.41) is 11.8. The van der Waals surface area contributed by atoms with Crippen LogP contribution in [0.3, 0.4) is 0 Å². The van der Waals surface area contributed by atoms with Crippen LogP contribution < -0.4 is 9.64 Å². The van der Waals surface area contributed by atoms with Gasteiger partial charge in [-0.15, -0.1) is 0 Å². The SMILES string of the molecule is CCc1ccc2nc(N3C(=O)C(=O)/C(=C(/O)c4ccc(OC)cc4)[C@@H]3c3ccc(C(C)(C)C)cc3)sc2c1. The number of ether oxygens (including phenoxy) is 1. The molecule has 5 rings (SSSR count). The lowest BCUT2D eigenvalue weighted by molar-refractivity contribution is -0.132. The van der Waals surface area contributed by atoms with Gasteiger partial charge in [0, 0.05) is 5.56 Å². The van der Waals surface area contributed by atoms with Crippen molar-refractivity contribution in [2.24, 2.45) is 0 Å². The van der Waals surface area contributed by atoms with Crippen molar-refractivity contribution in [1.82, 2.24) is 4.98 Å². The number of Topliss-reactive ketones (excluding diaryl/α,β-unsaturated/α-hetero) is 1. The largest absolute Gasteiger partial charge is 0.507 e. The van der Waals surface area contributed by atoms with E-state index >= 15 is 0 Å². The molecule has 1 fully saturated rings. The van der Waals surface area contributed by atoms with Gasteiger partial charge in [-0.1, -0.05) is 69.4 Å². The molecule has 1 N–H and O–H groups in total. The summed E-state index contributed by atoms with van der Waals surface area (Å²) in [6.07, 6.45) is 0.885. The average molecular weight is 527 g/mol. The fourth-order valence-corrected chi connectivity index (χ4v) is 5.75. The number of hydrogen-bond donors (Lipinski definition) is 1. The summed E-state index contributed by atoms with van der Waals surface area (Å²) in [6.45, 7) is 8.47. The zero-order chi connectivity index (χ0) is 27.2. The number of benzene rings is 3. The standard InChI is InChI=1S/C31H30N2O4S/c1-6-18-7-16-23-24(17-18)38-30(32-23)33-26(19-8-12-21(13-9-19)31(2,3)4)25(28(35)29(33)36)27(34)20-10-14-22(37-5)15-11-20/h7-17,26,34H,6H2,1-5H3/b27-25+/t26-/m0/s1. The highest BCUT2D eigenvalue weighted by Gasteiger charge is 2.48. The third-order valence-corrected chi connectivity index (χ3v) is 7.97. The number of carbonyl (C=O) groups excluding carboxylic acids is 2. The first kappa shape index (κ1) is 25.7. The van der Waals surface area contributed by atoms with E-state index < -0.39 is 17.7 Å². The number of methoxy groups -OCH3 is 1. The van der Waals surface area contributed by atoms with Crippen LogP contribution in [0.2, 0.25) is 0 Å². The van der Waals surface area contributed by atoms with Gasteiger partial charge in [-0.05, 0) is 64.9 Å². The van der Waals surface area contributed by atoms with Crippen molar-refractivity contribution in [3.8, 4) is 5.75 Å². The van der Waals surface area contributed by atoms with Crippen LogP contribution in [-0.2, 0) is 21.4 Å². The van der Waals surface area contributed by atoms with Crippen LogP contribution >= 0.6 is 11.3 Å². The predicted molar refractivity (Wildman–Crippen MR) is 152 cm³/mol. The first-order valence-corrected chi connectivity index (χ1v) is 13.4. The molecule has 0 radical (unpaired) electrons. The van der Waals surface area contributed by atoms with Gasteiger partial charge in [-0.3, -0.25) is 14.5 Å². The van der Waals surface area contributed by atoms with Gasteiger partial charge in [0.2, 0.25) is 0 Å². The summed E-state index contributed by atoms with van der Waals surface area (Å²) in [7, 11) is 1.56. The maximum absolute atomic E-state index is 13.5. The van der Waals surface area contributed by atoms with E-state index in [4.69, 9.17) is 9.72 Å². The van der Waals surface area contributed by atoms with Crippen molar-refractivity contribution in [2.45, 2.75) is 45.6 Å². The summed E-state index contributed by atoms with van der Waals surface area (Å²) in [6, 6.07) is 19.8. The molecule has 1 atom stereocenters. The lowest BCUT2D eigenvalue weighted by atomic mass is 9.85. The Kier molecular flexibility index (Phi) is 6.57. The molecule has 0 saturated carbocycles. The number of aromatic nitrogens is 1. The minimum Gasteiger partial charge on any atom is -0.507 e. The fraction of sp³-hybridized carbons (Fsp3) is 0.258. The van der Waals surface area contributed by atoms with Crippen LogP contribution in [0.1, 0.15) is 56.0 Å². The molecule has 1 aromatic heterocycles. The second kappa shape index (κ2) is 9.72. The molecule has 0 spiro atoms. The number of rotatable bonds is 5. The number of aliphatic hydroxyl groups excluding tert-OH is 1. The van der Waals surface area contributed by atoms with Gasteiger partial charge in [0.1, 0.15) is 11.5 Å². The highest BCUT2D eigenvalue weighted by molar-refractivity contribution is 7.22. The zero-order valence-electron chi connectivity index (χ0n) is 22.1. The van der Waals surface area contributed by atoms with Crippen LogP contribution in [0.15, 0.2) is 72.3 Å². The molecule has 1 saturated heterocycles. The molecule has 0 aliphatic carbocycles. The number of amides is 1. The van der Waals surface area contributed by atoms with Gasteiger partial charge in [-0.25, -0.2) is 4.98 Å². The van der Waals surface area contributed by atoms with Crippen LogP contribution in [0.4, 0.5) is 5.13 Å². The van der Waals surface area contributed by atoms with Crippen molar-refractivity contribution in [1.29, 1.82) is 0 Å². The molecular weight excluding hydrogens is 496 g/mol. The minimum absolute atomic E-state index is 0.0391. The molecule has 38 heavy (non-hydrogen) atoms. The summed E-state index contributed by atoms with van der Waals surface area (Å²) < 4.78 is 6.17. The quantitative estimate of drug-likeness (QED) is 0.176. The number of nitrogens with zero attached hydrogens (tertiary/aromatic N) is 2. The van der Waals surface area contributed by atoms with E-state index in [-0.39, 0.29) is 16.7 Å². The van der Waals surface area contributed by atoms with Gasteiger partial charge in [0.25, 0.3) is 5.78 Å². The summed E-state index contributed by atoms with van der Waals surface area (Å²) >= 11 is 1.37. The van der Waals surface area contributed by atoms with Crippen LogP contribution in [0, 0.1) is 0 Å². The highest BCUT2D eigenvalue weighted by atomic mass is 32.1. The maximum Gasteiger partial charge on any atom is 0.301 e. The molecule has 7 heteroatoms. The van der Waals surface area contributed by atoms with E-state index in [1.165, 1.54) is 21.8 Å². The van der Waals surface area contributed by atoms with Crippen LogP contribution in [0.25, 0.3) is 16.0 Å². The molecule has 2 heterocycles. The third-order valence-electron chi connectivity index (χ3n) is 6.96. The number of aryl methyl sites for hydroxylation is 1. The molecule has 4 aromatic rings. The first-order chi connectivity index (χ1) is 18.1. The number of anilines is 1. The lowest BCUT2D eigenvalue weighted by Crippen LogP contribution is -2.29. The number of ketones is 1. The van der Waals surface area contributed by atoms with Crippen molar-refractivity contribution in [3.05, 3.63) is 94.6 Å². The van der Waals surface area contributed by atoms with E-state index in [0.717, 1.165) is 27.8 Å². The molecule has 0 unspecified atom stereocenters. The van der Waals surface area contributed by atoms with Gasteiger partial charge < -0.3 is 9.84 Å². The third kappa shape index (κ3) is 4.47. The fourth-order valence-electron chi connectivity index (χ4n) is 4.69. The number of hydrogen-bond acceptors (Lipinski definition) is 6. The molecule has 194 valence electrons. The van der Waals surface area contributed by atoms with Gasteiger partial charge in [-0.2, -0.15) is 0 Å². The highest BCUT2D eigenvalue weighted by Crippen LogP contribution is 2.44. The summed E-state index contributed by atoms with van der Waals surface area (Å²) in [5.74, 6) is -1.05. The number of fused-ring (bicyclic) bond motifs is 1. The smallest absolute Gasteiger partial charge is 0.301 e. The number of thiazole rings is 1. The maximum atomic E-state index is 13.5. The zero-order valence-corrected chi connectivity index (χ0v) is 22.9. The molecule has 1 aliphatic rings. The van der Waals surface area contributed by atoms with E-state index in [0.29, 0.717) is 16.4 Å². The Balaban J connectivity index is 1.69. The van der Waals surface area contributed by atoms with Crippen molar-refractivity contribution in [2.75, 3.05) is 12.0 Å². The van der Waals surface area contributed by atoms with Crippen LogP contribution in [0.5, 0.6) is 5.75 Å². The topological polar surface area (TPSA) is 79.7 Å². The van der Waals surface area contributed by atoms with Crippen molar-refractivity contribution < 1.29 is 19.4 Å². The van der Waals surface area contributed by atoms with Crippen molar-refractivity contribution >= 4 is 44.1 Å². The van der Waals surface area contributed by atoms with Gasteiger partial charge in [0.15, 0.2) is 5.13 Å². The summed E-state index contributed by atoms with van der Waals surface area (Å²) in [5.41, 5.74) is 4.19. The molecule has 3 aromatic carbocycles. The second-order valence-corrected chi connectivity index (χ2v) is 11.4. The lowest BCUT2D eigenvalue weighted by Gasteiger charge is -2.24. The Bertz CT molecular complexity index is 1560. The van der Waals surface area contributed by atoms with E-state index in [1.807, 2.05) is 36.4 Å². The molecule has 0 bridgehead atoms. The average Bonchev–Trinajstić information content (AvgIpc) is 3.45.